The number of hydrogen-bond donors (Lipinski definition) is 4. The molecule has 8 heteroatoms. The lowest BCUT2D eigenvalue weighted by atomic mass is 10.5. The molecule has 0 atom stereocenters. The maximum absolute atomic E-state index is 10.3. The van der Waals surface area contributed by atoms with E-state index in [2.05, 4.69) is 4.84 Å². The average molecular weight is 197 g/mol. The van der Waals surface area contributed by atoms with Gasteiger partial charge in [-0.1, -0.05) is 0 Å². The van der Waals surface area contributed by atoms with E-state index in [1.54, 1.807) is 0 Å². The number of carboxylic acid groups (broad SMARTS) is 1. The summed E-state index contributed by atoms with van der Waals surface area (Å²) in [5.41, 5.74) is 1.11. The fourth-order valence-electron chi connectivity index (χ4n) is 0.403. The fraction of sp³-hybridized carbons (Fsp3) is 0.250. The predicted molar refractivity (Wildman–Crippen MR) is 37.9 cm³/mol. The lowest BCUT2D eigenvalue weighted by Crippen LogP contribution is -2.18. The van der Waals surface area contributed by atoms with Crippen LogP contribution >= 0.6 is 7.60 Å². The van der Waals surface area contributed by atoms with Crippen LogP contribution in [0.1, 0.15) is 0 Å². The molecule has 0 rings (SSSR count). The summed E-state index contributed by atoms with van der Waals surface area (Å²) in [4.78, 5) is 31.1. The number of rotatable bonds is 4. The average Bonchev–Trinajstić information content (AvgIpc) is 1.83. The van der Waals surface area contributed by atoms with E-state index in [1.165, 1.54) is 0 Å². The van der Waals surface area contributed by atoms with E-state index in [-0.39, 0.29) is 5.82 Å². The largest absolute Gasteiger partial charge is 0.477 e. The highest BCUT2D eigenvalue weighted by atomic mass is 31.2. The Kier molecular flexibility index (Phi) is 3.91. The van der Waals surface area contributed by atoms with Crippen LogP contribution in [0.15, 0.2) is 11.5 Å². The van der Waals surface area contributed by atoms with Crippen molar-refractivity contribution in [3.8, 4) is 0 Å². The third-order valence-electron chi connectivity index (χ3n) is 0.740. The molecule has 0 saturated heterocycles. The van der Waals surface area contributed by atoms with Crippen molar-refractivity contribution < 1.29 is 29.1 Å². The van der Waals surface area contributed by atoms with Gasteiger partial charge in [0.05, 0.1) is 12.9 Å². The van der Waals surface area contributed by atoms with Gasteiger partial charge in [0.25, 0.3) is 0 Å². The number of carboxylic acids is 1. The molecule has 0 bridgehead atoms. The second-order valence-electron chi connectivity index (χ2n) is 1.74. The van der Waals surface area contributed by atoms with Crippen LogP contribution in [-0.2, 0) is 14.2 Å². The van der Waals surface area contributed by atoms with E-state index in [0.717, 1.165) is 7.11 Å². The van der Waals surface area contributed by atoms with Crippen molar-refractivity contribution in [3.05, 3.63) is 11.5 Å². The molecule has 0 spiro atoms. The minimum Gasteiger partial charge on any atom is -0.477 e. The number of hydrogen-bond acceptors (Lipinski definition) is 4. The third kappa shape index (κ3) is 4.86. The molecule has 12 heavy (non-hydrogen) atoms. The first kappa shape index (κ1) is 11.1. The van der Waals surface area contributed by atoms with Gasteiger partial charge in [0.15, 0.2) is 5.70 Å². The van der Waals surface area contributed by atoms with Gasteiger partial charge in [0.2, 0.25) is 0 Å². The zero-order valence-electron chi connectivity index (χ0n) is 6.09. The maximum atomic E-state index is 10.3. The molecule has 0 amide bonds. The van der Waals surface area contributed by atoms with Crippen molar-refractivity contribution >= 4 is 13.6 Å². The molecule has 0 fully saturated rings. The van der Waals surface area contributed by atoms with Crippen LogP contribution < -0.4 is 5.48 Å². The number of aliphatic carboxylic acids is 1. The van der Waals surface area contributed by atoms with E-state index >= 15 is 0 Å². The molecule has 0 aromatic carbocycles. The lowest BCUT2D eigenvalue weighted by Gasteiger charge is -2.03. The number of hydroxylamine groups is 1. The minimum atomic E-state index is -4.49. The van der Waals surface area contributed by atoms with Crippen LogP contribution in [0.4, 0.5) is 0 Å². The van der Waals surface area contributed by atoms with E-state index in [9.17, 15) is 9.36 Å². The summed E-state index contributed by atoms with van der Waals surface area (Å²) in [6, 6.07) is 0. The molecule has 0 aliphatic rings. The maximum Gasteiger partial charge on any atom is 0.354 e. The van der Waals surface area contributed by atoms with Gasteiger partial charge in [0, 0.05) is 0 Å². The predicted octanol–water partition coefficient (Wildman–Crippen LogP) is -0.759. The Labute approximate surface area is 67.8 Å². The van der Waals surface area contributed by atoms with E-state index in [0.29, 0.717) is 0 Å². The van der Waals surface area contributed by atoms with Crippen LogP contribution in [0.2, 0.25) is 0 Å². The van der Waals surface area contributed by atoms with Crippen LogP contribution in [-0.4, -0.2) is 28.0 Å². The molecule has 0 aliphatic heterocycles. The second-order valence-corrected chi connectivity index (χ2v) is 3.18. The molecule has 0 radical (unpaired) electrons. The topological polar surface area (TPSA) is 116 Å². The third-order valence-corrected chi connectivity index (χ3v) is 1.33. The normalized spacial score (nSPS) is 12.8. The molecule has 0 aromatic rings. The molecule has 7 nitrogen and oxygen atoms in total. The van der Waals surface area contributed by atoms with E-state index in [1.807, 2.05) is 5.48 Å². The summed E-state index contributed by atoms with van der Waals surface area (Å²) in [6.45, 7) is 0. The summed E-state index contributed by atoms with van der Waals surface area (Å²) in [7, 11) is -3.37. The van der Waals surface area contributed by atoms with Gasteiger partial charge >= 0.3 is 13.6 Å². The molecule has 4 N–H and O–H groups in total. The molecule has 0 aromatic heterocycles. The van der Waals surface area contributed by atoms with Gasteiger partial charge < -0.3 is 14.9 Å². The Hall–Kier alpha value is -0.880. The van der Waals surface area contributed by atoms with Crippen LogP contribution in [0, 0.1) is 0 Å². The molecule has 0 heterocycles. The van der Waals surface area contributed by atoms with Gasteiger partial charge in [-0.05, 0) is 0 Å². The molecule has 0 saturated carbocycles. The lowest BCUT2D eigenvalue weighted by molar-refractivity contribution is -0.134. The molecular weight excluding hydrogens is 189 g/mol. The Bertz CT molecular complexity index is 242. The van der Waals surface area contributed by atoms with Crippen LogP contribution in [0.5, 0.6) is 0 Å². The fourth-order valence-corrected chi connectivity index (χ4v) is 0.903. The summed E-state index contributed by atoms with van der Waals surface area (Å²) < 4.78 is 10.3. The first-order valence-corrected chi connectivity index (χ1v) is 4.35. The highest BCUT2D eigenvalue weighted by Crippen LogP contribution is 2.37. The number of carbonyl (C=O) groups is 1. The summed E-state index contributed by atoms with van der Waals surface area (Å²) in [5.74, 6) is -1.25. The molecule has 0 unspecified atom stereocenters. The van der Waals surface area contributed by atoms with Crippen molar-refractivity contribution in [3.63, 3.8) is 0 Å². The van der Waals surface area contributed by atoms with Crippen molar-refractivity contribution in [1.82, 2.24) is 5.48 Å². The van der Waals surface area contributed by atoms with Crippen molar-refractivity contribution in [2.24, 2.45) is 0 Å². The van der Waals surface area contributed by atoms with Crippen molar-refractivity contribution in [2.75, 3.05) is 7.11 Å². The van der Waals surface area contributed by atoms with Gasteiger partial charge in [-0.2, -0.15) is 0 Å². The number of nitrogens with one attached hydrogen (secondary N) is 1. The monoisotopic (exact) mass is 197 g/mol. The Morgan fingerprint density at radius 2 is 2.08 bits per heavy atom. The van der Waals surface area contributed by atoms with Crippen LogP contribution in [0.25, 0.3) is 0 Å². The van der Waals surface area contributed by atoms with E-state index in [4.69, 9.17) is 14.9 Å². The van der Waals surface area contributed by atoms with Crippen molar-refractivity contribution in [1.29, 1.82) is 0 Å². The zero-order chi connectivity index (χ0) is 9.78. The Morgan fingerprint density at radius 3 is 2.33 bits per heavy atom. The smallest absolute Gasteiger partial charge is 0.354 e. The second kappa shape index (κ2) is 4.22. The highest BCUT2D eigenvalue weighted by Gasteiger charge is 2.15. The highest BCUT2D eigenvalue weighted by molar-refractivity contribution is 7.55. The molecule has 70 valence electrons. The summed E-state index contributed by atoms with van der Waals surface area (Å²) in [6.07, 6.45) is 0. The summed E-state index contributed by atoms with van der Waals surface area (Å²) >= 11 is 0. The first-order chi connectivity index (χ1) is 5.37. The van der Waals surface area contributed by atoms with E-state index < -0.39 is 19.3 Å². The SMILES string of the molecule is CONC(=CP(=O)(O)O)C(=O)O. The van der Waals surface area contributed by atoms with Gasteiger partial charge in [-0.15, -0.1) is 0 Å². The Balaban J connectivity index is 4.62. The molecular formula is C4H8NO6P. The Morgan fingerprint density at radius 1 is 1.58 bits per heavy atom. The van der Waals surface area contributed by atoms with Crippen LogP contribution in [0.3, 0.4) is 0 Å². The van der Waals surface area contributed by atoms with Gasteiger partial charge in [-0.25, -0.2) is 4.79 Å². The van der Waals surface area contributed by atoms with Gasteiger partial charge in [0.1, 0.15) is 0 Å². The summed E-state index contributed by atoms with van der Waals surface area (Å²) in [5, 5.41) is 8.31. The van der Waals surface area contributed by atoms with Crippen molar-refractivity contribution in [2.45, 2.75) is 0 Å². The zero-order valence-corrected chi connectivity index (χ0v) is 6.99. The minimum absolute atomic E-state index is 0.263. The standard InChI is InChI=1S/C4H8NO6P/c1-11-5-3(4(6)7)2-12(8,9)10/h2,5H,1H3,(H,6,7)(H2,8,9,10). The molecule has 0 aliphatic carbocycles. The van der Waals surface area contributed by atoms with Gasteiger partial charge in [-0.3, -0.25) is 14.9 Å². The quantitative estimate of drug-likeness (QED) is 0.266. The first-order valence-electron chi connectivity index (χ1n) is 2.67.